The van der Waals surface area contributed by atoms with Crippen molar-refractivity contribution >= 4 is 11.9 Å². The lowest BCUT2D eigenvalue weighted by atomic mass is 9.92. The molecule has 0 saturated heterocycles. The van der Waals surface area contributed by atoms with E-state index in [2.05, 4.69) is 17.5 Å². The van der Waals surface area contributed by atoms with E-state index < -0.39 is 6.04 Å². The Kier molecular flexibility index (Phi) is 4.27. The smallest absolute Gasteiger partial charge is 0.328 e. The lowest BCUT2D eigenvalue weighted by Crippen LogP contribution is -2.45. The normalized spacial score (nSPS) is 29.6. The minimum atomic E-state index is -0.513. The summed E-state index contributed by atoms with van der Waals surface area (Å²) in [6, 6.07) is -0.513. The van der Waals surface area contributed by atoms with Gasteiger partial charge in [0.2, 0.25) is 5.91 Å². The summed E-state index contributed by atoms with van der Waals surface area (Å²) >= 11 is 0. The van der Waals surface area contributed by atoms with Gasteiger partial charge in [0.15, 0.2) is 0 Å². The Morgan fingerprint density at radius 1 is 1.32 bits per heavy atom. The van der Waals surface area contributed by atoms with E-state index in [1.165, 1.54) is 7.11 Å². The highest BCUT2D eigenvalue weighted by Gasteiger charge is 2.40. The van der Waals surface area contributed by atoms with Crippen LogP contribution in [0.4, 0.5) is 0 Å². The van der Waals surface area contributed by atoms with Crippen molar-refractivity contribution in [3.8, 4) is 0 Å². The third-order valence-corrected chi connectivity index (χ3v) is 4.12. The second-order valence-electron chi connectivity index (χ2n) is 6.10. The molecule has 106 valence electrons. The Labute approximate surface area is 114 Å². The van der Waals surface area contributed by atoms with Crippen LogP contribution in [-0.2, 0) is 14.3 Å². The summed E-state index contributed by atoms with van der Waals surface area (Å²) in [6.45, 7) is 4.06. The van der Waals surface area contributed by atoms with Gasteiger partial charge in [-0.2, -0.15) is 0 Å². The molecule has 2 aliphatic carbocycles. The first-order chi connectivity index (χ1) is 9.01. The maximum absolute atomic E-state index is 12.3. The monoisotopic (exact) mass is 265 g/mol. The molecule has 2 bridgehead atoms. The van der Waals surface area contributed by atoms with Gasteiger partial charge in [-0.25, -0.2) is 4.79 Å². The third-order valence-electron chi connectivity index (χ3n) is 4.12. The average molecular weight is 265 g/mol. The van der Waals surface area contributed by atoms with E-state index in [1.807, 2.05) is 13.8 Å². The summed E-state index contributed by atoms with van der Waals surface area (Å²) in [5.41, 5.74) is 0. The average Bonchev–Trinajstić information content (AvgIpc) is 2.98. The Morgan fingerprint density at radius 3 is 2.53 bits per heavy atom. The van der Waals surface area contributed by atoms with Gasteiger partial charge in [-0.05, 0) is 37.0 Å². The number of hydrogen-bond donors (Lipinski definition) is 1. The van der Waals surface area contributed by atoms with E-state index in [9.17, 15) is 9.59 Å². The molecule has 0 aromatic heterocycles. The number of methoxy groups -OCH3 is 1. The zero-order valence-electron chi connectivity index (χ0n) is 11.9. The minimum absolute atomic E-state index is 0.00731. The number of nitrogens with one attached hydrogen (secondary N) is 1. The van der Waals surface area contributed by atoms with E-state index >= 15 is 0 Å². The number of carbonyl (C=O) groups is 2. The standard InChI is InChI=1S/C15H23NO3/c1-9(2)6-13(15(18)19-3)16-14(17)12-8-10-4-5-11(12)7-10/h4-5,9-13H,6-8H2,1-3H3,(H,16,17). The molecule has 1 N–H and O–H groups in total. The van der Waals surface area contributed by atoms with Crippen LogP contribution >= 0.6 is 0 Å². The first-order valence-corrected chi connectivity index (χ1v) is 7.07. The van der Waals surface area contributed by atoms with E-state index in [-0.39, 0.29) is 17.8 Å². The topological polar surface area (TPSA) is 55.4 Å². The number of amides is 1. The fourth-order valence-electron chi connectivity index (χ4n) is 3.19. The van der Waals surface area contributed by atoms with Gasteiger partial charge in [0.1, 0.15) is 6.04 Å². The van der Waals surface area contributed by atoms with E-state index in [0.717, 1.165) is 12.8 Å². The van der Waals surface area contributed by atoms with Crippen molar-refractivity contribution < 1.29 is 14.3 Å². The quantitative estimate of drug-likeness (QED) is 0.610. The van der Waals surface area contributed by atoms with Crippen LogP contribution in [0.2, 0.25) is 0 Å². The molecule has 0 heterocycles. The lowest BCUT2D eigenvalue weighted by Gasteiger charge is -2.23. The highest BCUT2D eigenvalue weighted by atomic mass is 16.5. The molecule has 0 radical (unpaired) electrons. The summed E-state index contributed by atoms with van der Waals surface area (Å²) in [5.74, 6) is 0.956. The Bertz CT molecular complexity index is 389. The second-order valence-corrected chi connectivity index (χ2v) is 6.10. The first-order valence-electron chi connectivity index (χ1n) is 7.07. The Hall–Kier alpha value is -1.32. The van der Waals surface area contributed by atoms with Crippen LogP contribution in [0.1, 0.15) is 33.1 Å². The third kappa shape index (κ3) is 3.17. The highest BCUT2D eigenvalue weighted by molar-refractivity contribution is 5.86. The maximum atomic E-state index is 12.3. The van der Waals surface area contributed by atoms with Crippen molar-refractivity contribution in [2.45, 2.75) is 39.2 Å². The zero-order chi connectivity index (χ0) is 14.0. The second kappa shape index (κ2) is 5.76. The van der Waals surface area contributed by atoms with Gasteiger partial charge in [-0.3, -0.25) is 4.79 Å². The predicted octanol–water partition coefficient (Wildman–Crippen LogP) is 1.90. The molecular weight excluding hydrogens is 242 g/mol. The van der Waals surface area contributed by atoms with Crippen molar-refractivity contribution in [3.05, 3.63) is 12.2 Å². The van der Waals surface area contributed by atoms with Gasteiger partial charge in [-0.15, -0.1) is 0 Å². The molecule has 19 heavy (non-hydrogen) atoms. The number of rotatable bonds is 5. The number of ether oxygens (including phenoxy) is 1. The predicted molar refractivity (Wildman–Crippen MR) is 72.2 cm³/mol. The molecule has 1 saturated carbocycles. The summed E-state index contributed by atoms with van der Waals surface area (Å²) in [7, 11) is 1.36. The fourth-order valence-corrected chi connectivity index (χ4v) is 3.19. The van der Waals surface area contributed by atoms with Crippen LogP contribution in [0.25, 0.3) is 0 Å². The van der Waals surface area contributed by atoms with Crippen LogP contribution in [0, 0.1) is 23.7 Å². The Morgan fingerprint density at radius 2 is 2.05 bits per heavy atom. The largest absolute Gasteiger partial charge is 0.467 e. The molecule has 1 fully saturated rings. The number of esters is 1. The first kappa shape index (κ1) is 14.1. The van der Waals surface area contributed by atoms with Crippen molar-refractivity contribution in [1.82, 2.24) is 5.32 Å². The van der Waals surface area contributed by atoms with Gasteiger partial charge in [-0.1, -0.05) is 26.0 Å². The summed E-state index contributed by atoms with van der Waals surface area (Å²) in [4.78, 5) is 24.0. The maximum Gasteiger partial charge on any atom is 0.328 e. The molecular formula is C15H23NO3. The van der Waals surface area contributed by atoms with Crippen LogP contribution < -0.4 is 5.32 Å². The molecule has 4 heteroatoms. The fraction of sp³-hybridized carbons (Fsp3) is 0.733. The number of fused-ring (bicyclic) bond motifs is 2. The molecule has 2 aliphatic rings. The van der Waals surface area contributed by atoms with Crippen LogP contribution in [-0.4, -0.2) is 25.0 Å². The molecule has 0 spiro atoms. The Balaban J connectivity index is 1.95. The van der Waals surface area contributed by atoms with E-state index in [0.29, 0.717) is 24.2 Å². The van der Waals surface area contributed by atoms with Gasteiger partial charge < -0.3 is 10.1 Å². The van der Waals surface area contributed by atoms with Gasteiger partial charge >= 0.3 is 5.97 Å². The van der Waals surface area contributed by atoms with Gasteiger partial charge in [0.25, 0.3) is 0 Å². The SMILES string of the molecule is COC(=O)C(CC(C)C)NC(=O)C1CC2C=CC1C2. The van der Waals surface area contributed by atoms with Crippen LogP contribution in [0.5, 0.6) is 0 Å². The number of carbonyl (C=O) groups excluding carboxylic acids is 2. The molecule has 4 atom stereocenters. The minimum Gasteiger partial charge on any atom is -0.467 e. The lowest BCUT2D eigenvalue weighted by molar-refractivity contribution is -0.146. The van der Waals surface area contributed by atoms with Crippen molar-refractivity contribution in [1.29, 1.82) is 0 Å². The molecule has 0 aliphatic heterocycles. The van der Waals surface area contributed by atoms with Crippen molar-refractivity contribution in [2.24, 2.45) is 23.7 Å². The molecule has 4 nitrogen and oxygen atoms in total. The van der Waals surface area contributed by atoms with Gasteiger partial charge in [0, 0.05) is 5.92 Å². The highest BCUT2D eigenvalue weighted by Crippen LogP contribution is 2.43. The summed E-state index contributed by atoms with van der Waals surface area (Å²) in [5, 5.41) is 2.88. The summed E-state index contributed by atoms with van der Waals surface area (Å²) in [6.07, 6.45) is 6.98. The van der Waals surface area contributed by atoms with Crippen molar-refractivity contribution in [2.75, 3.05) is 7.11 Å². The molecule has 1 amide bonds. The van der Waals surface area contributed by atoms with E-state index in [4.69, 9.17) is 4.74 Å². The number of allylic oxidation sites excluding steroid dienone is 2. The molecule has 0 aromatic rings. The molecule has 4 unspecified atom stereocenters. The molecule has 0 aromatic carbocycles. The molecule has 2 rings (SSSR count). The van der Waals surface area contributed by atoms with Crippen LogP contribution in [0.3, 0.4) is 0 Å². The summed E-state index contributed by atoms with van der Waals surface area (Å²) < 4.78 is 4.77. The van der Waals surface area contributed by atoms with Crippen LogP contribution in [0.15, 0.2) is 12.2 Å². The van der Waals surface area contributed by atoms with Gasteiger partial charge in [0.05, 0.1) is 7.11 Å². The number of hydrogen-bond acceptors (Lipinski definition) is 3. The zero-order valence-corrected chi connectivity index (χ0v) is 11.9. The van der Waals surface area contributed by atoms with Crippen molar-refractivity contribution in [3.63, 3.8) is 0 Å². The van der Waals surface area contributed by atoms with E-state index in [1.54, 1.807) is 0 Å².